The average Bonchev–Trinajstić information content (AvgIpc) is 3.24. The van der Waals surface area contributed by atoms with E-state index in [0.29, 0.717) is 16.9 Å². The number of nitrogens with one attached hydrogen (secondary N) is 1. The van der Waals surface area contributed by atoms with Gasteiger partial charge in [-0.2, -0.15) is 4.68 Å². The zero-order valence-electron chi connectivity index (χ0n) is 17.8. The molecule has 1 heterocycles. The van der Waals surface area contributed by atoms with Gasteiger partial charge in [0.1, 0.15) is 0 Å². The van der Waals surface area contributed by atoms with E-state index in [1.54, 1.807) is 36.4 Å². The summed E-state index contributed by atoms with van der Waals surface area (Å²) in [5.74, 6) is -0.593. The molecule has 1 aromatic heterocycles. The third kappa shape index (κ3) is 4.73. The molecule has 3 aromatic carbocycles. The molecule has 0 aliphatic heterocycles. The molecule has 0 saturated heterocycles. The van der Waals surface area contributed by atoms with E-state index < -0.39 is 5.91 Å². The zero-order valence-corrected chi connectivity index (χ0v) is 17.8. The van der Waals surface area contributed by atoms with E-state index in [4.69, 9.17) is 4.74 Å². The average molecular weight is 426 g/mol. The third-order valence-electron chi connectivity index (χ3n) is 4.87. The van der Waals surface area contributed by atoms with Gasteiger partial charge in [-0.05, 0) is 38.1 Å². The summed E-state index contributed by atoms with van der Waals surface area (Å²) in [6.07, 6.45) is 0. The Hall–Kier alpha value is -4.26. The summed E-state index contributed by atoms with van der Waals surface area (Å²) in [4.78, 5) is 25.5. The normalized spacial score (nSPS) is 10.6. The second-order valence-corrected chi connectivity index (χ2v) is 7.39. The van der Waals surface area contributed by atoms with Gasteiger partial charge in [0.25, 0.3) is 11.8 Å². The molecule has 0 aliphatic carbocycles. The Balaban J connectivity index is 1.63. The minimum atomic E-state index is -0.477. The van der Waals surface area contributed by atoms with Crippen LogP contribution < -0.4 is 10.1 Å². The topological polar surface area (TPSA) is 86.1 Å². The van der Waals surface area contributed by atoms with Crippen LogP contribution in [0.1, 0.15) is 32.0 Å². The van der Waals surface area contributed by atoms with Crippen molar-refractivity contribution >= 4 is 17.4 Å². The highest BCUT2D eigenvalue weighted by Crippen LogP contribution is 2.23. The fraction of sp³-hybridized carbons (Fsp3) is 0.120. The van der Waals surface area contributed by atoms with E-state index in [2.05, 4.69) is 15.6 Å². The lowest BCUT2D eigenvalue weighted by Gasteiger charge is -2.10. The van der Waals surface area contributed by atoms with Gasteiger partial charge in [0.2, 0.25) is 5.69 Å². The summed E-state index contributed by atoms with van der Waals surface area (Å²) in [6, 6.07) is 23.8. The lowest BCUT2D eigenvalue weighted by atomic mass is 10.1. The maximum absolute atomic E-state index is 12.9. The molecule has 4 rings (SSSR count). The van der Waals surface area contributed by atoms with Crippen molar-refractivity contribution < 1.29 is 14.3 Å². The number of Topliss-reactive ketones (excluding diaryl/α,β-unsaturated/α-hetero) is 1. The minimum Gasteiger partial charge on any atom is -0.467 e. The highest BCUT2D eigenvalue weighted by Gasteiger charge is 2.23. The number of hydrogen-bond donors (Lipinski definition) is 1. The number of amides is 1. The number of ether oxygens (including phenoxy) is 1. The zero-order chi connectivity index (χ0) is 22.5. The monoisotopic (exact) mass is 426 g/mol. The van der Waals surface area contributed by atoms with Crippen molar-refractivity contribution in [1.29, 1.82) is 0 Å². The van der Waals surface area contributed by atoms with Gasteiger partial charge < -0.3 is 10.1 Å². The standard InChI is InChI=1S/C25H22N4O3/c1-17-8-12-20(13-9-17)26-24(31)23-25(32-16-22(30)19-6-4-3-5-7-19)29(28-27-23)21-14-10-18(2)11-15-21/h3-15H,16H2,1-2H3,(H,26,31). The number of aryl methyl sites for hydroxylation is 2. The number of aromatic nitrogens is 3. The first-order valence-corrected chi connectivity index (χ1v) is 10.1. The second-order valence-electron chi connectivity index (χ2n) is 7.39. The number of ketones is 1. The molecule has 0 unspecified atom stereocenters. The predicted octanol–water partition coefficient (Wildman–Crippen LogP) is 4.40. The summed E-state index contributed by atoms with van der Waals surface area (Å²) in [7, 11) is 0. The van der Waals surface area contributed by atoms with Crippen LogP contribution in [0.15, 0.2) is 78.9 Å². The molecule has 1 amide bonds. The van der Waals surface area contributed by atoms with Crippen molar-refractivity contribution in [2.45, 2.75) is 13.8 Å². The third-order valence-corrected chi connectivity index (χ3v) is 4.87. The molecule has 4 aromatic rings. The summed E-state index contributed by atoms with van der Waals surface area (Å²) < 4.78 is 7.23. The molecule has 0 aliphatic rings. The van der Waals surface area contributed by atoms with Gasteiger partial charge in [0.15, 0.2) is 12.4 Å². The first-order valence-electron chi connectivity index (χ1n) is 10.1. The van der Waals surface area contributed by atoms with Gasteiger partial charge >= 0.3 is 0 Å². The molecular weight excluding hydrogens is 404 g/mol. The number of nitrogens with zero attached hydrogens (tertiary/aromatic N) is 3. The van der Waals surface area contributed by atoms with Gasteiger partial charge in [-0.3, -0.25) is 9.59 Å². The first-order chi connectivity index (χ1) is 15.5. The number of carbonyl (C=O) groups excluding carboxylic acids is 2. The fourth-order valence-corrected chi connectivity index (χ4v) is 3.07. The minimum absolute atomic E-state index is 0.00740. The Kier molecular flexibility index (Phi) is 6.07. The van der Waals surface area contributed by atoms with Gasteiger partial charge in [-0.25, -0.2) is 0 Å². The first kappa shape index (κ1) is 21.0. The van der Waals surface area contributed by atoms with Crippen molar-refractivity contribution in [2.75, 3.05) is 11.9 Å². The van der Waals surface area contributed by atoms with E-state index in [0.717, 1.165) is 11.1 Å². The van der Waals surface area contributed by atoms with Gasteiger partial charge in [0, 0.05) is 11.3 Å². The molecule has 0 spiro atoms. The number of rotatable bonds is 7. The molecule has 0 atom stereocenters. The molecule has 0 saturated carbocycles. The Morgan fingerprint density at radius 3 is 2.16 bits per heavy atom. The van der Waals surface area contributed by atoms with Crippen LogP contribution in [0.3, 0.4) is 0 Å². The molecule has 32 heavy (non-hydrogen) atoms. The number of anilines is 1. The Morgan fingerprint density at radius 1 is 0.875 bits per heavy atom. The van der Waals surface area contributed by atoms with Crippen LogP contribution in [0.5, 0.6) is 5.88 Å². The Bertz CT molecular complexity index is 1230. The summed E-state index contributed by atoms with van der Waals surface area (Å²) in [5.41, 5.74) is 3.96. The van der Waals surface area contributed by atoms with Crippen molar-refractivity contribution in [3.8, 4) is 11.6 Å². The highest BCUT2D eigenvalue weighted by atomic mass is 16.5. The number of hydrogen-bond acceptors (Lipinski definition) is 5. The van der Waals surface area contributed by atoms with E-state index in [-0.39, 0.29) is 24.0 Å². The predicted molar refractivity (Wildman–Crippen MR) is 121 cm³/mol. The van der Waals surface area contributed by atoms with Crippen LogP contribution >= 0.6 is 0 Å². The Morgan fingerprint density at radius 2 is 1.50 bits per heavy atom. The number of carbonyl (C=O) groups is 2. The molecule has 1 N–H and O–H groups in total. The van der Waals surface area contributed by atoms with E-state index in [1.807, 2.05) is 56.3 Å². The van der Waals surface area contributed by atoms with Crippen molar-refractivity contribution in [2.24, 2.45) is 0 Å². The van der Waals surface area contributed by atoms with E-state index in [9.17, 15) is 9.59 Å². The van der Waals surface area contributed by atoms with E-state index >= 15 is 0 Å². The van der Waals surface area contributed by atoms with Gasteiger partial charge in [-0.1, -0.05) is 70.9 Å². The van der Waals surface area contributed by atoms with Crippen LogP contribution in [0, 0.1) is 13.8 Å². The van der Waals surface area contributed by atoms with Crippen LogP contribution in [0.2, 0.25) is 0 Å². The van der Waals surface area contributed by atoms with Crippen molar-refractivity contribution in [1.82, 2.24) is 15.0 Å². The van der Waals surface area contributed by atoms with Crippen molar-refractivity contribution in [3.63, 3.8) is 0 Å². The van der Waals surface area contributed by atoms with Crippen LogP contribution in [0.4, 0.5) is 5.69 Å². The van der Waals surface area contributed by atoms with Crippen LogP contribution in [-0.2, 0) is 0 Å². The molecule has 0 radical (unpaired) electrons. The molecular formula is C25H22N4O3. The molecule has 160 valence electrons. The van der Waals surface area contributed by atoms with Crippen LogP contribution in [0.25, 0.3) is 5.69 Å². The summed E-state index contributed by atoms with van der Waals surface area (Å²) >= 11 is 0. The largest absolute Gasteiger partial charge is 0.467 e. The fourth-order valence-electron chi connectivity index (χ4n) is 3.07. The smallest absolute Gasteiger partial charge is 0.281 e. The quantitative estimate of drug-likeness (QED) is 0.443. The lowest BCUT2D eigenvalue weighted by Crippen LogP contribution is -2.18. The highest BCUT2D eigenvalue weighted by molar-refractivity contribution is 6.04. The lowest BCUT2D eigenvalue weighted by molar-refractivity contribution is 0.0908. The van der Waals surface area contributed by atoms with Gasteiger partial charge in [0.05, 0.1) is 5.69 Å². The molecule has 7 nitrogen and oxygen atoms in total. The van der Waals surface area contributed by atoms with E-state index in [1.165, 1.54) is 4.68 Å². The molecule has 0 fully saturated rings. The second kappa shape index (κ2) is 9.26. The molecule has 7 heteroatoms. The van der Waals surface area contributed by atoms with Crippen LogP contribution in [-0.4, -0.2) is 33.3 Å². The summed E-state index contributed by atoms with van der Waals surface area (Å²) in [6.45, 7) is 3.68. The van der Waals surface area contributed by atoms with Crippen molar-refractivity contribution in [3.05, 3.63) is 101 Å². The Labute approximate surface area is 185 Å². The SMILES string of the molecule is Cc1ccc(NC(=O)c2nnn(-c3ccc(C)cc3)c2OCC(=O)c2ccccc2)cc1. The maximum atomic E-state index is 12.9. The molecule has 0 bridgehead atoms. The number of benzene rings is 3. The van der Waals surface area contributed by atoms with Gasteiger partial charge in [-0.15, -0.1) is 5.10 Å². The maximum Gasteiger partial charge on any atom is 0.281 e. The summed E-state index contributed by atoms with van der Waals surface area (Å²) in [5, 5.41) is 11.0.